The average molecular weight is 389 g/mol. The third-order valence-corrected chi connectivity index (χ3v) is 7.99. The van der Waals surface area contributed by atoms with Crippen LogP contribution in [0.3, 0.4) is 0 Å². The number of hydrogen-bond acceptors (Lipinski definition) is 2. The van der Waals surface area contributed by atoms with Gasteiger partial charge in [0, 0.05) is 11.8 Å². The van der Waals surface area contributed by atoms with E-state index in [9.17, 15) is 0 Å². The van der Waals surface area contributed by atoms with Gasteiger partial charge in [-0.2, -0.15) is 0 Å². The summed E-state index contributed by atoms with van der Waals surface area (Å²) in [4.78, 5) is 10.7. The molecule has 1 aromatic rings. The molecule has 2 heteroatoms. The molecule has 0 aliphatic heterocycles. The van der Waals surface area contributed by atoms with Crippen molar-refractivity contribution in [2.24, 2.45) is 11.8 Å². The van der Waals surface area contributed by atoms with Gasteiger partial charge in [-0.3, -0.25) is 0 Å². The van der Waals surface area contributed by atoms with Gasteiger partial charge in [0.2, 0.25) is 0 Å². The molecular weight excluding hydrogens is 352 g/mol. The second kappa shape index (κ2) is 8.98. The smallest absolute Gasteiger partial charge is 0.0890 e. The largest absolute Gasteiger partial charge is 0.249 e. The molecule has 2 saturated carbocycles. The molecular formula is C27H36N2. The summed E-state index contributed by atoms with van der Waals surface area (Å²) in [5.41, 5.74) is 4.93. The first kappa shape index (κ1) is 19.3. The molecule has 0 spiro atoms. The Kier molecular flexibility index (Phi) is 5.97. The molecule has 4 aliphatic rings. The van der Waals surface area contributed by atoms with Gasteiger partial charge in [-0.05, 0) is 49.7 Å². The van der Waals surface area contributed by atoms with Crippen LogP contribution in [0.1, 0.15) is 118 Å². The summed E-state index contributed by atoms with van der Waals surface area (Å²) in [6.07, 6.45) is 30.9. The van der Waals surface area contributed by atoms with Gasteiger partial charge in [0.25, 0.3) is 0 Å². The second-order valence-corrected chi connectivity index (χ2v) is 9.75. The molecule has 4 aliphatic carbocycles. The number of rotatable bonds is 0. The Morgan fingerprint density at radius 2 is 0.897 bits per heavy atom. The lowest BCUT2D eigenvalue weighted by Crippen LogP contribution is -2.36. The molecule has 2 fully saturated rings. The fourth-order valence-corrected chi connectivity index (χ4v) is 6.61. The predicted octanol–water partition coefficient (Wildman–Crippen LogP) is 7.58. The van der Waals surface area contributed by atoms with E-state index in [0.29, 0.717) is 11.8 Å². The van der Waals surface area contributed by atoms with Crippen molar-refractivity contribution < 1.29 is 0 Å². The highest BCUT2D eigenvalue weighted by Gasteiger charge is 2.44. The first-order valence-corrected chi connectivity index (χ1v) is 12.3. The molecule has 29 heavy (non-hydrogen) atoms. The van der Waals surface area contributed by atoms with E-state index in [2.05, 4.69) is 36.5 Å². The zero-order valence-electron chi connectivity index (χ0n) is 17.9. The number of nitrogens with zero attached hydrogens (tertiary/aromatic N) is 2. The Balaban J connectivity index is 1.63. The van der Waals surface area contributed by atoms with Crippen LogP contribution < -0.4 is 0 Å². The van der Waals surface area contributed by atoms with E-state index in [1.165, 1.54) is 94.9 Å². The highest BCUT2D eigenvalue weighted by atomic mass is 14.9. The lowest BCUT2D eigenvalue weighted by Gasteiger charge is -2.45. The number of hydrogen-bond donors (Lipinski definition) is 0. The Morgan fingerprint density at radius 1 is 0.483 bits per heavy atom. The molecule has 1 heterocycles. The normalized spacial score (nSPS) is 35.3. The van der Waals surface area contributed by atoms with Crippen LogP contribution in [0.2, 0.25) is 0 Å². The minimum Gasteiger partial charge on any atom is -0.249 e. The summed E-state index contributed by atoms with van der Waals surface area (Å²) in [6.45, 7) is 0. The maximum Gasteiger partial charge on any atom is 0.0890 e. The molecule has 0 amide bonds. The minimum atomic E-state index is 0.639. The minimum absolute atomic E-state index is 0.639. The lowest BCUT2D eigenvalue weighted by atomic mass is 9.61. The van der Waals surface area contributed by atoms with E-state index >= 15 is 0 Å². The van der Waals surface area contributed by atoms with Crippen molar-refractivity contribution in [3.63, 3.8) is 0 Å². The molecule has 0 aromatic carbocycles. The Morgan fingerprint density at radius 3 is 1.38 bits per heavy atom. The van der Waals surface area contributed by atoms with Crippen LogP contribution in [0.25, 0.3) is 12.2 Å². The first-order chi connectivity index (χ1) is 14.4. The number of aromatic nitrogens is 2. The van der Waals surface area contributed by atoms with Crippen LogP contribution in [-0.2, 0) is 0 Å². The van der Waals surface area contributed by atoms with Crippen molar-refractivity contribution in [3.05, 3.63) is 47.1 Å². The molecule has 0 saturated heterocycles. The fourth-order valence-electron chi connectivity index (χ4n) is 6.61. The maximum atomic E-state index is 5.35. The van der Waals surface area contributed by atoms with Crippen LogP contribution in [0.15, 0.2) is 24.3 Å². The van der Waals surface area contributed by atoms with Gasteiger partial charge in [-0.15, -0.1) is 0 Å². The van der Waals surface area contributed by atoms with E-state index in [1.54, 1.807) is 0 Å². The molecule has 1 aromatic heterocycles. The molecule has 0 radical (unpaired) electrons. The average Bonchev–Trinajstić information content (AvgIpc) is 2.81. The molecule has 0 N–H and O–H groups in total. The third kappa shape index (κ3) is 4.00. The van der Waals surface area contributed by atoms with Gasteiger partial charge < -0.3 is 0 Å². The van der Waals surface area contributed by atoms with Crippen molar-refractivity contribution in [2.75, 3.05) is 0 Å². The van der Waals surface area contributed by atoms with Crippen molar-refractivity contribution in [2.45, 2.75) is 95.3 Å². The molecule has 0 bridgehead atoms. The van der Waals surface area contributed by atoms with E-state index in [0.717, 1.165) is 23.2 Å². The topological polar surface area (TPSA) is 25.8 Å². The molecule has 5 rings (SSSR count). The Bertz CT molecular complexity index is 803. The molecule has 4 unspecified atom stereocenters. The van der Waals surface area contributed by atoms with E-state index < -0.39 is 0 Å². The van der Waals surface area contributed by atoms with Crippen LogP contribution in [0, 0.1) is 11.8 Å². The highest BCUT2D eigenvalue weighted by molar-refractivity contribution is 5.63. The van der Waals surface area contributed by atoms with E-state index in [4.69, 9.17) is 9.97 Å². The number of allylic oxidation sites excluding steroid dienone is 4. The van der Waals surface area contributed by atoms with Crippen molar-refractivity contribution in [3.8, 4) is 0 Å². The summed E-state index contributed by atoms with van der Waals surface area (Å²) in [6, 6.07) is 0. The van der Waals surface area contributed by atoms with Gasteiger partial charge in [-0.25, -0.2) is 9.97 Å². The maximum absolute atomic E-state index is 5.35. The molecule has 4 atom stereocenters. The lowest BCUT2D eigenvalue weighted by molar-refractivity contribution is 0.157. The Hall–Kier alpha value is -1.70. The van der Waals surface area contributed by atoms with Gasteiger partial charge in [0.05, 0.1) is 22.8 Å². The van der Waals surface area contributed by atoms with Crippen LogP contribution in [0.4, 0.5) is 0 Å². The van der Waals surface area contributed by atoms with Gasteiger partial charge in [-0.1, -0.05) is 82.1 Å². The zero-order valence-corrected chi connectivity index (χ0v) is 17.9. The van der Waals surface area contributed by atoms with Gasteiger partial charge in [0.15, 0.2) is 0 Å². The first-order valence-electron chi connectivity index (χ1n) is 12.3. The van der Waals surface area contributed by atoms with Crippen molar-refractivity contribution in [1.82, 2.24) is 9.97 Å². The quantitative estimate of drug-likeness (QED) is 0.457. The SMILES string of the molecule is C1=C\C=C/c2nc3c(nc2\C=C/1)C1CCCCCCCC1C1CCCCCCC31. The molecule has 154 valence electrons. The zero-order chi connectivity index (χ0) is 19.5. The summed E-state index contributed by atoms with van der Waals surface area (Å²) < 4.78 is 0. The fraction of sp³-hybridized carbons (Fsp3) is 0.630. The second-order valence-electron chi connectivity index (χ2n) is 9.75. The summed E-state index contributed by atoms with van der Waals surface area (Å²) in [7, 11) is 0. The van der Waals surface area contributed by atoms with Gasteiger partial charge in [0.1, 0.15) is 0 Å². The van der Waals surface area contributed by atoms with E-state index in [-0.39, 0.29) is 0 Å². The Labute approximate surface area is 176 Å². The van der Waals surface area contributed by atoms with Crippen molar-refractivity contribution in [1.29, 1.82) is 0 Å². The summed E-state index contributed by atoms with van der Waals surface area (Å²) in [5, 5.41) is 0. The summed E-state index contributed by atoms with van der Waals surface area (Å²) in [5.74, 6) is 2.96. The third-order valence-electron chi connectivity index (χ3n) is 7.99. The number of fused-ring (bicyclic) bond motifs is 7. The van der Waals surface area contributed by atoms with Crippen LogP contribution >= 0.6 is 0 Å². The predicted molar refractivity (Wildman–Crippen MR) is 122 cm³/mol. The standard InChI is InChI=1S/C27H36N2/c1-2-8-14-20-21-15-9-4-5-11-17-23(21)27-26(22(20)16-10-3-1)28-24-18-12-6-7-13-19-25(24)29-27/h6-7,12-13,18-23H,1-5,8-11,14-17H2/b7-6-,12-6?,13-7?,18-12-,19-13-,24-18?,25-19?. The van der Waals surface area contributed by atoms with Crippen LogP contribution in [-0.4, -0.2) is 9.97 Å². The van der Waals surface area contributed by atoms with Crippen LogP contribution in [0.5, 0.6) is 0 Å². The molecule has 2 nitrogen and oxygen atoms in total. The highest BCUT2D eigenvalue weighted by Crippen LogP contribution is 2.53. The van der Waals surface area contributed by atoms with Gasteiger partial charge >= 0.3 is 0 Å². The summed E-state index contributed by atoms with van der Waals surface area (Å²) >= 11 is 0. The van der Waals surface area contributed by atoms with E-state index in [1.807, 2.05) is 0 Å². The van der Waals surface area contributed by atoms with Crippen molar-refractivity contribution >= 4 is 12.2 Å². The monoisotopic (exact) mass is 388 g/mol.